The van der Waals surface area contributed by atoms with Crippen LogP contribution in [0, 0.1) is 35.1 Å². The molecular weight excluding hydrogens is 452 g/mol. The highest BCUT2D eigenvalue weighted by Crippen LogP contribution is 2.38. The van der Waals surface area contributed by atoms with Crippen LogP contribution < -0.4 is 4.90 Å². The molecule has 1 aliphatic rings. The maximum Gasteiger partial charge on any atom is 0.332 e. The fourth-order valence-corrected chi connectivity index (χ4v) is 3.76. The maximum atomic E-state index is 14.9. The van der Waals surface area contributed by atoms with Gasteiger partial charge in [0.2, 0.25) is 5.91 Å². The Hall–Kier alpha value is -4.13. The Bertz CT molecular complexity index is 1370. The third kappa shape index (κ3) is 3.90. The summed E-state index contributed by atoms with van der Waals surface area (Å²) in [5.74, 6) is -0.105. The van der Waals surface area contributed by atoms with E-state index in [4.69, 9.17) is 0 Å². The second-order valence-corrected chi connectivity index (χ2v) is 8.09. The minimum absolute atomic E-state index is 0.159. The van der Waals surface area contributed by atoms with Gasteiger partial charge in [0.15, 0.2) is 11.6 Å². The van der Waals surface area contributed by atoms with Gasteiger partial charge in [-0.05, 0) is 31.2 Å². The van der Waals surface area contributed by atoms with Crippen LogP contribution in [0.5, 0.6) is 0 Å². The van der Waals surface area contributed by atoms with E-state index in [9.17, 15) is 27.2 Å². The van der Waals surface area contributed by atoms with Crippen molar-refractivity contribution in [3.05, 3.63) is 82.7 Å². The first kappa shape index (κ1) is 23.0. The summed E-state index contributed by atoms with van der Waals surface area (Å²) in [6, 6.07) is 3.50. The normalized spacial score (nSPS) is 18.2. The third-order valence-corrected chi connectivity index (χ3v) is 5.80. The van der Waals surface area contributed by atoms with E-state index in [1.807, 2.05) is 0 Å². The van der Waals surface area contributed by atoms with Crippen molar-refractivity contribution >= 4 is 17.6 Å². The molecule has 6 nitrogen and oxygen atoms in total. The number of hydrogen-bond donors (Lipinski definition) is 0. The first-order chi connectivity index (χ1) is 16.0. The molecule has 1 saturated heterocycles. The number of carbonyl (C=O) groups is 2. The van der Waals surface area contributed by atoms with Gasteiger partial charge in [-0.1, -0.05) is 11.8 Å². The van der Waals surface area contributed by atoms with Gasteiger partial charge in [-0.3, -0.25) is 9.48 Å². The Morgan fingerprint density at radius 2 is 1.65 bits per heavy atom. The number of rotatable bonds is 2. The van der Waals surface area contributed by atoms with E-state index in [2.05, 4.69) is 16.9 Å². The number of imide groups is 1. The van der Waals surface area contributed by atoms with Crippen molar-refractivity contribution < 1.29 is 27.2 Å². The fraction of sp³-hybridized carbons (Fsp3) is 0.208. The number of nitrogens with zero attached hydrogens (tertiary/aromatic N) is 4. The van der Waals surface area contributed by atoms with E-state index < -0.39 is 46.4 Å². The molecular formula is C24H18F4N4O2. The van der Waals surface area contributed by atoms with Gasteiger partial charge in [-0.25, -0.2) is 27.3 Å². The van der Waals surface area contributed by atoms with E-state index in [0.717, 1.165) is 24.3 Å². The van der Waals surface area contributed by atoms with Gasteiger partial charge in [0, 0.05) is 37.5 Å². The molecule has 4 rings (SSSR count). The molecule has 174 valence electrons. The molecule has 0 N–H and O–H groups in total. The van der Waals surface area contributed by atoms with Crippen molar-refractivity contribution in [3.63, 3.8) is 0 Å². The van der Waals surface area contributed by atoms with Crippen LogP contribution in [-0.4, -0.2) is 33.7 Å². The summed E-state index contributed by atoms with van der Waals surface area (Å²) in [4.78, 5) is 27.7. The van der Waals surface area contributed by atoms with E-state index in [1.54, 1.807) is 20.2 Å². The van der Waals surface area contributed by atoms with Crippen LogP contribution in [0.2, 0.25) is 0 Å². The topological polar surface area (TPSA) is 58.4 Å². The molecule has 0 saturated carbocycles. The Morgan fingerprint density at radius 3 is 2.24 bits per heavy atom. The largest absolute Gasteiger partial charge is 0.332 e. The summed E-state index contributed by atoms with van der Waals surface area (Å²) in [6.07, 6.45) is 2.95. The SMILES string of the molecule is CN1C(=O)N(c2c(F)cc(C#Cc3ccc(F)cc3F)cc2F)C(=O)C[C@@]1(C)c1cnn(C)c1. The van der Waals surface area contributed by atoms with Gasteiger partial charge in [0.05, 0.1) is 23.7 Å². The molecule has 2 aromatic carbocycles. The van der Waals surface area contributed by atoms with E-state index in [-0.39, 0.29) is 17.5 Å². The lowest BCUT2D eigenvalue weighted by atomic mass is 9.87. The zero-order valence-electron chi connectivity index (χ0n) is 18.4. The van der Waals surface area contributed by atoms with Gasteiger partial charge < -0.3 is 4.90 Å². The minimum atomic E-state index is -1.19. The van der Waals surface area contributed by atoms with Crippen LogP contribution in [0.1, 0.15) is 30.0 Å². The van der Waals surface area contributed by atoms with Crippen molar-refractivity contribution in [2.75, 3.05) is 11.9 Å². The highest BCUT2D eigenvalue weighted by atomic mass is 19.1. The van der Waals surface area contributed by atoms with Crippen molar-refractivity contribution in [3.8, 4) is 11.8 Å². The summed E-state index contributed by atoms with van der Waals surface area (Å²) in [5.41, 5.74) is -1.61. The lowest BCUT2D eigenvalue weighted by Gasteiger charge is -2.45. The summed E-state index contributed by atoms with van der Waals surface area (Å²) in [6.45, 7) is 1.66. The van der Waals surface area contributed by atoms with Gasteiger partial charge in [0.25, 0.3) is 0 Å². The molecule has 34 heavy (non-hydrogen) atoms. The average molecular weight is 470 g/mol. The Labute approximate surface area is 192 Å². The van der Waals surface area contributed by atoms with Crippen LogP contribution >= 0.6 is 0 Å². The number of urea groups is 1. The Morgan fingerprint density at radius 1 is 0.971 bits per heavy atom. The quantitative estimate of drug-likeness (QED) is 0.419. The summed E-state index contributed by atoms with van der Waals surface area (Å²) < 4.78 is 58.2. The molecule has 1 aromatic heterocycles. The molecule has 2 heterocycles. The van der Waals surface area contributed by atoms with Crippen LogP contribution in [0.25, 0.3) is 0 Å². The predicted octanol–water partition coefficient (Wildman–Crippen LogP) is 4.08. The van der Waals surface area contributed by atoms with Gasteiger partial charge in [-0.15, -0.1) is 0 Å². The number of aromatic nitrogens is 2. The zero-order valence-corrected chi connectivity index (χ0v) is 18.4. The number of amides is 3. The van der Waals surface area contributed by atoms with Gasteiger partial charge in [0.1, 0.15) is 17.3 Å². The number of hydrogen-bond acceptors (Lipinski definition) is 3. The lowest BCUT2D eigenvalue weighted by molar-refractivity contribution is -0.122. The van der Waals surface area contributed by atoms with Crippen molar-refractivity contribution in [1.29, 1.82) is 0 Å². The number of benzene rings is 2. The molecule has 1 atom stereocenters. The number of aryl methyl sites for hydroxylation is 1. The molecule has 1 aliphatic heterocycles. The van der Waals surface area contributed by atoms with E-state index in [0.29, 0.717) is 16.5 Å². The lowest BCUT2D eigenvalue weighted by Crippen LogP contribution is -2.60. The highest BCUT2D eigenvalue weighted by molar-refractivity contribution is 6.16. The number of carbonyl (C=O) groups excluding carboxylic acids is 2. The molecule has 0 spiro atoms. The van der Waals surface area contributed by atoms with Crippen LogP contribution in [0.15, 0.2) is 42.7 Å². The standard InChI is InChI=1S/C24H18F4N4O2/c1-24(16-12-29-30(2)13-16)11-21(33)32(23(34)31(24)3)22-19(27)8-14(9-20(22)28)4-5-15-6-7-17(25)10-18(15)26/h6-10,12-13H,11H2,1-3H3/t24-/m0/s1. The van der Waals surface area contributed by atoms with Crippen LogP contribution in [0.3, 0.4) is 0 Å². The first-order valence-electron chi connectivity index (χ1n) is 10.1. The molecule has 0 aliphatic carbocycles. The monoisotopic (exact) mass is 470 g/mol. The number of anilines is 1. The summed E-state index contributed by atoms with van der Waals surface area (Å²) in [5, 5.41) is 4.06. The average Bonchev–Trinajstić information content (AvgIpc) is 3.20. The summed E-state index contributed by atoms with van der Waals surface area (Å²) >= 11 is 0. The Balaban J connectivity index is 1.67. The minimum Gasteiger partial charge on any atom is -0.317 e. The predicted molar refractivity (Wildman–Crippen MR) is 115 cm³/mol. The van der Waals surface area contributed by atoms with E-state index in [1.165, 1.54) is 22.8 Å². The summed E-state index contributed by atoms with van der Waals surface area (Å²) in [7, 11) is 3.12. The van der Waals surface area contributed by atoms with Crippen molar-refractivity contribution in [2.45, 2.75) is 18.9 Å². The molecule has 10 heteroatoms. The zero-order chi connectivity index (χ0) is 24.8. The Kier molecular flexibility index (Phi) is 5.65. The molecule has 3 amide bonds. The van der Waals surface area contributed by atoms with Crippen molar-refractivity contribution in [1.82, 2.24) is 14.7 Å². The second-order valence-electron chi connectivity index (χ2n) is 8.09. The maximum absolute atomic E-state index is 14.9. The van der Waals surface area contributed by atoms with Crippen LogP contribution in [-0.2, 0) is 17.4 Å². The molecule has 0 unspecified atom stereocenters. The highest BCUT2D eigenvalue weighted by Gasteiger charge is 2.48. The van der Waals surface area contributed by atoms with E-state index >= 15 is 0 Å². The molecule has 1 fully saturated rings. The van der Waals surface area contributed by atoms with Crippen molar-refractivity contribution in [2.24, 2.45) is 7.05 Å². The third-order valence-electron chi connectivity index (χ3n) is 5.80. The second kappa shape index (κ2) is 8.33. The molecule has 0 bridgehead atoms. The van der Waals surface area contributed by atoms with Gasteiger partial charge in [-0.2, -0.15) is 5.10 Å². The smallest absolute Gasteiger partial charge is 0.317 e. The number of halogens is 4. The van der Waals surface area contributed by atoms with Gasteiger partial charge >= 0.3 is 6.03 Å². The van der Waals surface area contributed by atoms with Crippen LogP contribution in [0.4, 0.5) is 28.0 Å². The molecule has 0 radical (unpaired) electrons. The molecule has 3 aromatic rings. The fourth-order valence-electron chi connectivity index (χ4n) is 3.76. The first-order valence-corrected chi connectivity index (χ1v) is 10.1.